The number of aryl methyl sites for hydroxylation is 1. The molecule has 144 valence electrons. The normalized spacial score (nSPS) is 21.0. The average Bonchev–Trinajstić information content (AvgIpc) is 2.73. The molecule has 0 bridgehead atoms. The molecule has 1 fully saturated rings. The van der Waals surface area contributed by atoms with Crippen molar-refractivity contribution >= 4 is 21.6 Å². The number of rotatable bonds is 4. The Morgan fingerprint density at radius 1 is 1.00 bits per heavy atom. The first-order valence-electron chi connectivity index (χ1n) is 9.83. The van der Waals surface area contributed by atoms with Crippen LogP contribution in [0.4, 0.5) is 0 Å². The number of fused-ring (bicyclic) bond motifs is 1. The summed E-state index contributed by atoms with van der Waals surface area (Å²) in [5.41, 5.74) is 5.21. The van der Waals surface area contributed by atoms with Crippen LogP contribution in [0.15, 0.2) is 47.4 Å². The number of hydrogen-bond donors (Lipinski definition) is 0. The van der Waals surface area contributed by atoms with Crippen LogP contribution in [-0.2, 0) is 22.7 Å². The van der Waals surface area contributed by atoms with Gasteiger partial charge in [-0.15, -0.1) is 0 Å². The zero-order valence-electron chi connectivity index (χ0n) is 15.9. The van der Waals surface area contributed by atoms with E-state index in [0.29, 0.717) is 10.9 Å². The van der Waals surface area contributed by atoms with E-state index in [2.05, 4.69) is 34.9 Å². The van der Waals surface area contributed by atoms with Crippen LogP contribution >= 0.6 is 11.8 Å². The minimum absolute atomic E-state index is 0.141. The minimum atomic E-state index is -3.13. The van der Waals surface area contributed by atoms with Gasteiger partial charge in [0, 0.05) is 30.6 Å². The molecule has 2 aliphatic rings. The van der Waals surface area contributed by atoms with Crippen LogP contribution in [0, 0.1) is 0 Å². The van der Waals surface area contributed by atoms with Crippen LogP contribution < -0.4 is 0 Å². The van der Waals surface area contributed by atoms with Crippen molar-refractivity contribution in [3.05, 3.63) is 53.6 Å². The third-order valence-electron chi connectivity index (χ3n) is 5.90. The maximum Gasteiger partial charge on any atom is 0.178 e. The lowest BCUT2D eigenvalue weighted by Gasteiger charge is -2.37. The molecule has 0 amide bonds. The summed E-state index contributed by atoms with van der Waals surface area (Å²) in [5.74, 6) is 2.68. The zero-order valence-corrected chi connectivity index (χ0v) is 17.5. The van der Waals surface area contributed by atoms with Gasteiger partial charge in [0.2, 0.25) is 0 Å². The van der Waals surface area contributed by atoms with E-state index in [1.54, 1.807) is 19.1 Å². The molecule has 27 heavy (non-hydrogen) atoms. The second kappa shape index (κ2) is 7.98. The summed E-state index contributed by atoms with van der Waals surface area (Å²) in [7, 11) is -3.13. The lowest BCUT2D eigenvalue weighted by Crippen LogP contribution is -2.43. The van der Waals surface area contributed by atoms with E-state index in [4.69, 9.17) is 0 Å². The molecule has 0 radical (unpaired) electrons. The highest BCUT2D eigenvalue weighted by Gasteiger charge is 2.25. The van der Waals surface area contributed by atoms with Gasteiger partial charge in [-0.1, -0.05) is 37.3 Å². The van der Waals surface area contributed by atoms with Gasteiger partial charge in [0.25, 0.3) is 0 Å². The fraction of sp³-hybridized carbons (Fsp3) is 0.455. The Kier molecular flexibility index (Phi) is 5.62. The lowest BCUT2D eigenvalue weighted by atomic mass is 9.85. The first kappa shape index (κ1) is 19.0. The van der Waals surface area contributed by atoms with E-state index in [9.17, 15) is 8.42 Å². The number of benzene rings is 2. The Morgan fingerprint density at radius 2 is 1.70 bits per heavy atom. The van der Waals surface area contributed by atoms with Crippen molar-refractivity contribution in [2.75, 3.05) is 30.3 Å². The summed E-state index contributed by atoms with van der Waals surface area (Å²) in [5, 5.41) is 0. The van der Waals surface area contributed by atoms with Gasteiger partial charge in [-0.2, -0.15) is 11.8 Å². The largest absolute Gasteiger partial charge is 0.298 e. The van der Waals surface area contributed by atoms with E-state index < -0.39 is 9.84 Å². The third-order valence-corrected chi connectivity index (χ3v) is 8.59. The maximum absolute atomic E-state index is 12.0. The monoisotopic (exact) mass is 401 g/mol. The number of thioether (sulfide) groups is 1. The zero-order chi connectivity index (χ0) is 18.9. The first-order chi connectivity index (χ1) is 13.1. The predicted molar refractivity (Wildman–Crippen MR) is 114 cm³/mol. The Bertz CT molecular complexity index is 900. The molecule has 1 heterocycles. The second-order valence-corrected chi connectivity index (χ2v) is 11.0. The van der Waals surface area contributed by atoms with Crippen molar-refractivity contribution < 1.29 is 8.42 Å². The molecule has 1 atom stereocenters. The number of sulfone groups is 1. The molecule has 1 aliphatic heterocycles. The summed E-state index contributed by atoms with van der Waals surface area (Å²) >= 11 is 2.07. The van der Waals surface area contributed by atoms with Gasteiger partial charge >= 0.3 is 0 Å². The highest BCUT2D eigenvalue weighted by molar-refractivity contribution is 7.99. The molecule has 0 N–H and O–H groups in total. The maximum atomic E-state index is 12.0. The summed E-state index contributed by atoms with van der Waals surface area (Å²) in [4.78, 5) is 3.09. The molecule has 1 unspecified atom stereocenters. The fourth-order valence-electron chi connectivity index (χ4n) is 4.19. The lowest BCUT2D eigenvalue weighted by molar-refractivity contribution is 0.198. The van der Waals surface area contributed by atoms with Crippen LogP contribution in [0.3, 0.4) is 0 Å². The van der Waals surface area contributed by atoms with Crippen molar-refractivity contribution in [1.82, 2.24) is 4.90 Å². The quantitative estimate of drug-likeness (QED) is 0.774. The van der Waals surface area contributed by atoms with Gasteiger partial charge in [-0.3, -0.25) is 4.90 Å². The van der Waals surface area contributed by atoms with E-state index in [0.717, 1.165) is 18.4 Å². The van der Waals surface area contributed by atoms with Gasteiger partial charge < -0.3 is 0 Å². The topological polar surface area (TPSA) is 37.4 Å². The Hall–Kier alpha value is -1.30. The second-order valence-electron chi connectivity index (χ2n) is 7.46. The Morgan fingerprint density at radius 3 is 2.41 bits per heavy atom. The molecule has 1 aliphatic carbocycles. The molecule has 0 aromatic heterocycles. The van der Waals surface area contributed by atoms with Gasteiger partial charge in [0.05, 0.1) is 10.6 Å². The van der Waals surface area contributed by atoms with Crippen LogP contribution in [0.5, 0.6) is 0 Å². The van der Waals surface area contributed by atoms with Crippen LogP contribution in [-0.4, -0.2) is 49.7 Å². The fourth-order valence-corrected chi connectivity index (χ4v) is 6.01. The molecule has 3 nitrogen and oxygen atoms in total. The minimum Gasteiger partial charge on any atom is -0.298 e. The molecule has 2 aromatic carbocycles. The standard InChI is InChI=1S/C22H27NO2S2/c1-2-27(24,25)22-9-6-17(7-10-22)18-3-4-20-16-21(8-5-19(20)15-18)23-11-13-26-14-12-23/h3-4,6-7,9-10,15,21H,2,5,8,11-14,16H2,1H3. The van der Waals surface area contributed by atoms with Gasteiger partial charge in [-0.25, -0.2) is 8.42 Å². The van der Waals surface area contributed by atoms with E-state index >= 15 is 0 Å². The molecule has 0 saturated carbocycles. The van der Waals surface area contributed by atoms with E-state index in [1.807, 2.05) is 12.1 Å². The van der Waals surface area contributed by atoms with E-state index in [1.165, 1.54) is 47.7 Å². The molecular formula is C22H27NO2S2. The van der Waals surface area contributed by atoms with Crippen molar-refractivity contribution in [2.24, 2.45) is 0 Å². The van der Waals surface area contributed by atoms with Crippen molar-refractivity contribution in [3.8, 4) is 11.1 Å². The number of nitrogens with zero attached hydrogens (tertiary/aromatic N) is 1. The highest BCUT2D eigenvalue weighted by Crippen LogP contribution is 2.30. The smallest absolute Gasteiger partial charge is 0.178 e. The van der Waals surface area contributed by atoms with Crippen LogP contribution in [0.1, 0.15) is 24.5 Å². The average molecular weight is 402 g/mol. The molecule has 5 heteroatoms. The van der Waals surface area contributed by atoms with Crippen molar-refractivity contribution in [1.29, 1.82) is 0 Å². The molecule has 2 aromatic rings. The summed E-state index contributed by atoms with van der Waals surface area (Å²) in [6.45, 7) is 4.15. The molecule has 1 saturated heterocycles. The Balaban J connectivity index is 1.52. The van der Waals surface area contributed by atoms with Gasteiger partial charge in [0.15, 0.2) is 9.84 Å². The van der Waals surface area contributed by atoms with E-state index in [-0.39, 0.29) is 5.75 Å². The number of hydrogen-bond acceptors (Lipinski definition) is 4. The van der Waals surface area contributed by atoms with Crippen molar-refractivity contribution in [2.45, 2.75) is 37.1 Å². The molecular weight excluding hydrogens is 374 g/mol. The molecule has 4 rings (SSSR count). The summed E-state index contributed by atoms with van der Waals surface area (Å²) in [6.07, 6.45) is 3.54. The summed E-state index contributed by atoms with van der Waals surface area (Å²) in [6, 6.07) is 14.8. The summed E-state index contributed by atoms with van der Waals surface area (Å²) < 4.78 is 24.0. The van der Waals surface area contributed by atoms with Crippen molar-refractivity contribution in [3.63, 3.8) is 0 Å². The van der Waals surface area contributed by atoms with Crippen LogP contribution in [0.25, 0.3) is 11.1 Å². The predicted octanol–water partition coefficient (Wildman–Crippen LogP) is 4.05. The van der Waals surface area contributed by atoms with Gasteiger partial charge in [-0.05, 0) is 53.6 Å². The molecule has 0 spiro atoms. The first-order valence-corrected chi connectivity index (χ1v) is 12.6. The Labute approximate surface area is 167 Å². The van der Waals surface area contributed by atoms with Gasteiger partial charge in [0.1, 0.15) is 0 Å². The van der Waals surface area contributed by atoms with Crippen LogP contribution in [0.2, 0.25) is 0 Å². The highest BCUT2D eigenvalue weighted by atomic mass is 32.2. The SMILES string of the molecule is CCS(=O)(=O)c1ccc(-c2ccc3c(c2)CCC(N2CCSCC2)C3)cc1. The third kappa shape index (κ3) is 4.10.